The second-order valence-corrected chi connectivity index (χ2v) is 4.63. The molecule has 17 heavy (non-hydrogen) atoms. The van der Waals surface area contributed by atoms with Crippen LogP contribution in [0.4, 0.5) is 0 Å². The lowest BCUT2D eigenvalue weighted by Gasteiger charge is -2.25. The maximum atomic E-state index is 11.3. The van der Waals surface area contributed by atoms with Gasteiger partial charge in [-0.15, -0.1) is 0 Å². The van der Waals surface area contributed by atoms with Gasteiger partial charge in [-0.25, -0.2) is 4.79 Å². The first kappa shape index (κ1) is 14.0. The molecule has 0 spiro atoms. The van der Waals surface area contributed by atoms with E-state index in [0.29, 0.717) is 12.3 Å². The minimum absolute atomic E-state index is 0.0888. The van der Waals surface area contributed by atoms with Crippen LogP contribution in [0.2, 0.25) is 0 Å². The number of ether oxygens (including phenoxy) is 1. The summed E-state index contributed by atoms with van der Waals surface area (Å²) >= 11 is 0. The van der Waals surface area contributed by atoms with E-state index >= 15 is 0 Å². The molecule has 0 saturated heterocycles. The molecular weight excluding hydrogens is 222 g/mol. The Morgan fingerprint density at radius 2 is 2.00 bits per heavy atom. The van der Waals surface area contributed by atoms with Gasteiger partial charge in [-0.3, -0.25) is 4.79 Å². The Morgan fingerprint density at radius 3 is 2.53 bits per heavy atom. The highest BCUT2D eigenvalue weighted by Gasteiger charge is 2.25. The number of aliphatic carboxylic acids is 1. The van der Waals surface area contributed by atoms with Gasteiger partial charge >= 0.3 is 5.97 Å². The quantitative estimate of drug-likeness (QED) is 0.734. The van der Waals surface area contributed by atoms with Gasteiger partial charge in [-0.1, -0.05) is 32.1 Å². The first-order chi connectivity index (χ1) is 8.13. The number of carbonyl (C=O) groups excluding carboxylic acids is 1. The van der Waals surface area contributed by atoms with Crippen molar-refractivity contribution in [2.24, 2.45) is 5.92 Å². The highest BCUT2D eigenvalue weighted by molar-refractivity contribution is 5.84. The molecule has 0 aromatic rings. The number of rotatable bonds is 6. The Kier molecular flexibility index (Phi) is 5.97. The number of carboxylic acid groups (broad SMARTS) is 1. The zero-order chi connectivity index (χ0) is 12.7. The van der Waals surface area contributed by atoms with Crippen molar-refractivity contribution in [3.05, 3.63) is 0 Å². The Balaban J connectivity index is 2.41. The van der Waals surface area contributed by atoms with Gasteiger partial charge in [-0.05, 0) is 12.3 Å². The van der Waals surface area contributed by atoms with Gasteiger partial charge < -0.3 is 15.2 Å². The van der Waals surface area contributed by atoms with Crippen LogP contribution < -0.4 is 5.32 Å². The van der Waals surface area contributed by atoms with Crippen molar-refractivity contribution < 1.29 is 19.4 Å². The summed E-state index contributed by atoms with van der Waals surface area (Å²) in [5, 5.41) is 11.6. The highest BCUT2D eigenvalue weighted by atomic mass is 16.5. The summed E-state index contributed by atoms with van der Waals surface area (Å²) in [6, 6.07) is -0.777. The number of carbonyl (C=O) groups is 2. The summed E-state index contributed by atoms with van der Waals surface area (Å²) in [7, 11) is 1.41. The SMILES string of the molecule is COCC(=O)N[C@@H](CC1CCCCC1)C(=O)O. The molecule has 0 radical (unpaired) electrons. The third-order valence-corrected chi connectivity index (χ3v) is 3.20. The fraction of sp³-hybridized carbons (Fsp3) is 0.833. The monoisotopic (exact) mass is 243 g/mol. The number of amides is 1. The number of carboxylic acids is 1. The molecule has 1 saturated carbocycles. The molecular formula is C12H21NO4. The largest absolute Gasteiger partial charge is 0.480 e. The number of nitrogens with one attached hydrogen (secondary N) is 1. The Hall–Kier alpha value is -1.10. The predicted molar refractivity (Wildman–Crippen MR) is 62.6 cm³/mol. The Morgan fingerprint density at radius 1 is 1.35 bits per heavy atom. The molecule has 1 amide bonds. The minimum Gasteiger partial charge on any atom is -0.480 e. The fourth-order valence-electron chi connectivity index (χ4n) is 2.34. The van der Waals surface area contributed by atoms with Crippen LogP contribution in [0.1, 0.15) is 38.5 Å². The third-order valence-electron chi connectivity index (χ3n) is 3.20. The lowest BCUT2D eigenvalue weighted by molar-refractivity contribution is -0.143. The van der Waals surface area contributed by atoms with Crippen molar-refractivity contribution in [1.82, 2.24) is 5.32 Å². The van der Waals surface area contributed by atoms with E-state index in [9.17, 15) is 9.59 Å². The minimum atomic E-state index is -0.958. The molecule has 98 valence electrons. The van der Waals surface area contributed by atoms with Crippen LogP contribution in [-0.4, -0.2) is 36.7 Å². The lowest BCUT2D eigenvalue weighted by Crippen LogP contribution is -2.43. The number of methoxy groups -OCH3 is 1. The zero-order valence-electron chi connectivity index (χ0n) is 10.3. The molecule has 1 aliphatic carbocycles. The Labute approximate surface area is 102 Å². The van der Waals surface area contributed by atoms with Gasteiger partial charge in [0.2, 0.25) is 5.91 Å². The smallest absolute Gasteiger partial charge is 0.326 e. The molecule has 0 aromatic heterocycles. The molecule has 1 fully saturated rings. The average Bonchev–Trinajstić information content (AvgIpc) is 2.29. The van der Waals surface area contributed by atoms with Gasteiger partial charge in [0.25, 0.3) is 0 Å². The van der Waals surface area contributed by atoms with E-state index < -0.39 is 12.0 Å². The molecule has 1 rings (SSSR count). The molecule has 2 N–H and O–H groups in total. The average molecular weight is 243 g/mol. The molecule has 0 aromatic carbocycles. The van der Waals surface area contributed by atoms with E-state index in [1.807, 2.05) is 0 Å². The third kappa shape index (κ3) is 5.17. The predicted octanol–water partition coefficient (Wildman–Crippen LogP) is 1.17. The summed E-state index contributed by atoms with van der Waals surface area (Å²) < 4.78 is 4.67. The second-order valence-electron chi connectivity index (χ2n) is 4.63. The first-order valence-electron chi connectivity index (χ1n) is 6.14. The van der Waals surface area contributed by atoms with Gasteiger partial charge in [0.15, 0.2) is 0 Å². The number of hydrogen-bond acceptors (Lipinski definition) is 3. The van der Waals surface area contributed by atoms with E-state index in [2.05, 4.69) is 10.1 Å². The van der Waals surface area contributed by atoms with Crippen molar-refractivity contribution in [1.29, 1.82) is 0 Å². The summed E-state index contributed by atoms with van der Waals surface area (Å²) in [6.07, 6.45) is 6.26. The number of hydrogen-bond donors (Lipinski definition) is 2. The second kappa shape index (κ2) is 7.27. The van der Waals surface area contributed by atoms with Gasteiger partial charge in [0, 0.05) is 7.11 Å². The molecule has 0 bridgehead atoms. The van der Waals surface area contributed by atoms with Crippen LogP contribution in [0.25, 0.3) is 0 Å². The van der Waals surface area contributed by atoms with Crippen LogP contribution >= 0.6 is 0 Å². The van der Waals surface area contributed by atoms with E-state index in [1.165, 1.54) is 26.4 Å². The summed E-state index contributed by atoms with van der Waals surface area (Å²) in [5.74, 6) is -0.900. The normalized spacial score (nSPS) is 18.6. The fourth-order valence-corrected chi connectivity index (χ4v) is 2.34. The summed E-state index contributed by atoms with van der Waals surface area (Å²) in [4.78, 5) is 22.4. The van der Waals surface area contributed by atoms with Crippen molar-refractivity contribution >= 4 is 11.9 Å². The summed E-state index contributed by atoms with van der Waals surface area (Å²) in [5.41, 5.74) is 0. The molecule has 1 atom stereocenters. The maximum absolute atomic E-state index is 11.3. The van der Waals surface area contributed by atoms with Crippen molar-refractivity contribution in [2.45, 2.75) is 44.6 Å². The lowest BCUT2D eigenvalue weighted by atomic mass is 9.85. The standard InChI is InChI=1S/C12H21NO4/c1-17-8-11(14)13-10(12(15)16)7-9-5-3-2-4-6-9/h9-10H,2-8H2,1H3,(H,13,14)(H,15,16)/t10-/m0/s1. The molecule has 0 heterocycles. The van der Waals surface area contributed by atoms with Gasteiger partial charge in [0.1, 0.15) is 12.6 Å². The molecule has 0 unspecified atom stereocenters. The van der Waals surface area contributed by atoms with Crippen LogP contribution in [0.15, 0.2) is 0 Å². The maximum Gasteiger partial charge on any atom is 0.326 e. The highest BCUT2D eigenvalue weighted by Crippen LogP contribution is 2.27. The van der Waals surface area contributed by atoms with Crippen molar-refractivity contribution in [2.75, 3.05) is 13.7 Å². The van der Waals surface area contributed by atoms with Crippen LogP contribution in [-0.2, 0) is 14.3 Å². The van der Waals surface area contributed by atoms with Gasteiger partial charge in [-0.2, -0.15) is 0 Å². The van der Waals surface area contributed by atoms with Crippen LogP contribution in [0, 0.1) is 5.92 Å². The molecule has 5 nitrogen and oxygen atoms in total. The molecule has 1 aliphatic rings. The van der Waals surface area contributed by atoms with Crippen LogP contribution in [0.3, 0.4) is 0 Å². The summed E-state index contributed by atoms with van der Waals surface area (Å²) in [6.45, 7) is -0.0888. The zero-order valence-corrected chi connectivity index (χ0v) is 10.3. The topological polar surface area (TPSA) is 75.6 Å². The van der Waals surface area contributed by atoms with Crippen molar-refractivity contribution in [3.8, 4) is 0 Å². The molecule has 5 heteroatoms. The van der Waals surface area contributed by atoms with Crippen molar-refractivity contribution in [3.63, 3.8) is 0 Å². The first-order valence-corrected chi connectivity index (χ1v) is 6.14. The van der Waals surface area contributed by atoms with E-state index in [4.69, 9.17) is 5.11 Å². The van der Waals surface area contributed by atoms with Crippen LogP contribution in [0.5, 0.6) is 0 Å². The van der Waals surface area contributed by atoms with E-state index in [-0.39, 0.29) is 12.5 Å². The Bertz CT molecular complexity index is 261. The van der Waals surface area contributed by atoms with Gasteiger partial charge in [0.05, 0.1) is 0 Å². The van der Waals surface area contributed by atoms with E-state index in [1.54, 1.807) is 0 Å². The van der Waals surface area contributed by atoms with E-state index in [0.717, 1.165) is 12.8 Å². The molecule has 0 aliphatic heterocycles.